The zero-order valence-electron chi connectivity index (χ0n) is 17.7. The van der Waals surface area contributed by atoms with Crippen molar-refractivity contribution in [2.75, 3.05) is 5.32 Å². The molecule has 3 aromatic rings. The van der Waals surface area contributed by atoms with Gasteiger partial charge in [-0.05, 0) is 48.3 Å². The molecule has 156 valence electrons. The summed E-state index contributed by atoms with van der Waals surface area (Å²) in [6.07, 6.45) is 2.15. The second-order valence-electron chi connectivity index (χ2n) is 7.42. The standard InChI is InChI=1S/C26H31N3S/c1-3-22(4-2)27-24(20-14-8-5-9-15-20)25(21-16-10-6-11-17-21)29-26(30)28-23-18-12-7-13-19-23/h5-19,22,24-25,27H,3-4H2,1-2H3,(H2,28,29,30). The zero-order valence-corrected chi connectivity index (χ0v) is 18.5. The van der Waals surface area contributed by atoms with Crippen molar-refractivity contribution in [3.63, 3.8) is 0 Å². The Balaban J connectivity index is 1.92. The molecule has 0 saturated carbocycles. The number of anilines is 1. The molecule has 4 heteroatoms. The van der Waals surface area contributed by atoms with Crippen LogP contribution in [0, 0.1) is 0 Å². The topological polar surface area (TPSA) is 36.1 Å². The van der Waals surface area contributed by atoms with Gasteiger partial charge in [0.25, 0.3) is 0 Å². The van der Waals surface area contributed by atoms with Crippen LogP contribution in [0.2, 0.25) is 0 Å². The van der Waals surface area contributed by atoms with Crippen molar-refractivity contribution in [2.45, 2.75) is 44.8 Å². The Bertz CT molecular complexity index is 880. The van der Waals surface area contributed by atoms with E-state index in [1.54, 1.807) is 0 Å². The molecule has 0 aromatic heterocycles. The van der Waals surface area contributed by atoms with Crippen LogP contribution in [0.1, 0.15) is 49.9 Å². The van der Waals surface area contributed by atoms with Crippen molar-refractivity contribution in [3.05, 3.63) is 102 Å². The van der Waals surface area contributed by atoms with Crippen LogP contribution in [-0.2, 0) is 0 Å². The van der Waals surface area contributed by atoms with E-state index >= 15 is 0 Å². The Hall–Kier alpha value is -2.69. The largest absolute Gasteiger partial charge is 0.354 e. The number of nitrogens with one attached hydrogen (secondary N) is 3. The summed E-state index contributed by atoms with van der Waals surface area (Å²) in [6.45, 7) is 4.46. The van der Waals surface area contributed by atoms with Gasteiger partial charge < -0.3 is 16.0 Å². The van der Waals surface area contributed by atoms with Gasteiger partial charge in [-0.25, -0.2) is 0 Å². The molecule has 0 aliphatic rings. The Morgan fingerprint density at radius 3 is 1.67 bits per heavy atom. The number of hydrogen-bond acceptors (Lipinski definition) is 2. The van der Waals surface area contributed by atoms with Gasteiger partial charge in [0.2, 0.25) is 0 Å². The molecule has 2 atom stereocenters. The van der Waals surface area contributed by atoms with E-state index in [0.29, 0.717) is 11.2 Å². The predicted molar refractivity (Wildman–Crippen MR) is 132 cm³/mol. The highest BCUT2D eigenvalue weighted by atomic mass is 32.1. The molecular formula is C26H31N3S. The number of rotatable bonds is 9. The van der Waals surface area contributed by atoms with E-state index in [1.165, 1.54) is 11.1 Å². The van der Waals surface area contributed by atoms with Crippen molar-refractivity contribution in [2.24, 2.45) is 0 Å². The summed E-state index contributed by atoms with van der Waals surface area (Å²) in [4.78, 5) is 0. The SMILES string of the molecule is CCC(CC)NC(c1ccccc1)C(NC(=S)Nc1ccccc1)c1ccccc1. The van der Waals surface area contributed by atoms with E-state index in [1.807, 2.05) is 36.4 Å². The molecule has 0 saturated heterocycles. The van der Waals surface area contributed by atoms with Crippen molar-refractivity contribution >= 4 is 23.0 Å². The van der Waals surface area contributed by atoms with E-state index in [9.17, 15) is 0 Å². The normalized spacial score (nSPS) is 12.9. The third kappa shape index (κ3) is 6.15. The minimum atomic E-state index is -0.0158. The van der Waals surface area contributed by atoms with E-state index in [2.05, 4.69) is 84.4 Å². The highest BCUT2D eigenvalue weighted by Crippen LogP contribution is 2.30. The summed E-state index contributed by atoms with van der Waals surface area (Å²) in [5.74, 6) is 0. The van der Waals surface area contributed by atoms with Gasteiger partial charge in [-0.1, -0.05) is 92.7 Å². The lowest BCUT2D eigenvalue weighted by Crippen LogP contribution is -2.43. The molecule has 30 heavy (non-hydrogen) atoms. The molecule has 0 aliphatic heterocycles. The fourth-order valence-corrected chi connectivity index (χ4v) is 3.92. The van der Waals surface area contributed by atoms with Crippen LogP contribution in [0.4, 0.5) is 5.69 Å². The molecule has 0 spiro atoms. The number of hydrogen-bond donors (Lipinski definition) is 3. The minimum Gasteiger partial charge on any atom is -0.354 e. The number of para-hydroxylation sites is 1. The molecule has 0 amide bonds. The molecule has 0 heterocycles. The monoisotopic (exact) mass is 417 g/mol. The first kappa shape index (κ1) is 22.0. The second kappa shape index (κ2) is 11.5. The fourth-order valence-electron chi connectivity index (χ4n) is 3.67. The summed E-state index contributed by atoms with van der Waals surface area (Å²) < 4.78 is 0. The van der Waals surface area contributed by atoms with Gasteiger partial charge in [-0.3, -0.25) is 0 Å². The highest BCUT2D eigenvalue weighted by Gasteiger charge is 2.27. The lowest BCUT2D eigenvalue weighted by molar-refractivity contribution is 0.357. The summed E-state index contributed by atoms with van der Waals surface area (Å²) >= 11 is 5.70. The highest BCUT2D eigenvalue weighted by molar-refractivity contribution is 7.80. The van der Waals surface area contributed by atoms with Crippen molar-refractivity contribution in [1.82, 2.24) is 10.6 Å². The lowest BCUT2D eigenvalue weighted by Gasteiger charge is -2.33. The maximum atomic E-state index is 5.70. The molecular weight excluding hydrogens is 386 g/mol. The van der Waals surface area contributed by atoms with Crippen LogP contribution < -0.4 is 16.0 Å². The van der Waals surface area contributed by atoms with Crippen LogP contribution in [0.5, 0.6) is 0 Å². The Labute approximate surface area is 185 Å². The number of benzene rings is 3. The van der Waals surface area contributed by atoms with Gasteiger partial charge in [-0.15, -0.1) is 0 Å². The Morgan fingerprint density at radius 1 is 0.700 bits per heavy atom. The first-order valence-corrected chi connectivity index (χ1v) is 11.1. The number of thiocarbonyl (C=S) groups is 1. The molecule has 0 fully saturated rings. The van der Waals surface area contributed by atoms with E-state index < -0.39 is 0 Å². The molecule has 0 aliphatic carbocycles. The van der Waals surface area contributed by atoms with Gasteiger partial charge in [0.15, 0.2) is 5.11 Å². The van der Waals surface area contributed by atoms with Gasteiger partial charge >= 0.3 is 0 Å². The molecule has 3 rings (SSSR count). The summed E-state index contributed by atoms with van der Waals surface area (Å²) in [5.41, 5.74) is 3.42. The van der Waals surface area contributed by atoms with Gasteiger partial charge in [0.1, 0.15) is 0 Å². The molecule has 3 nitrogen and oxygen atoms in total. The molecule has 2 unspecified atom stereocenters. The van der Waals surface area contributed by atoms with Crippen LogP contribution >= 0.6 is 12.2 Å². The zero-order chi connectivity index (χ0) is 21.2. The summed E-state index contributed by atoms with van der Waals surface area (Å²) in [7, 11) is 0. The third-order valence-electron chi connectivity index (χ3n) is 5.37. The molecule has 0 bridgehead atoms. The Morgan fingerprint density at radius 2 is 1.17 bits per heavy atom. The van der Waals surface area contributed by atoms with Crippen molar-refractivity contribution in [3.8, 4) is 0 Å². The van der Waals surface area contributed by atoms with Crippen LogP contribution in [0.15, 0.2) is 91.0 Å². The second-order valence-corrected chi connectivity index (χ2v) is 7.83. The van der Waals surface area contributed by atoms with Gasteiger partial charge in [0, 0.05) is 11.7 Å². The van der Waals surface area contributed by atoms with Gasteiger partial charge in [-0.2, -0.15) is 0 Å². The predicted octanol–water partition coefficient (Wildman–Crippen LogP) is 6.23. The average Bonchev–Trinajstić information content (AvgIpc) is 2.80. The average molecular weight is 418 g/mol. The van der Waals surface area contributed by atoms with E-state index in [0.717, 1.165) is 18.5 Å². The van der Waals surface area contributed by atoms with E-state index in [-0.39, 0.29) is 12.1 Å². The van der Waals surface area contributed by atoms with Crippen LogP contribution in [-0.4, -0.2) is 11.2 Å². The van der Waals surface area contributed by atoms with Crippen LogP contribution in [0.25, 0.3) is 0 Å². The first-order valence-electron chi connectivity index (χ1n) is 10.7. The minimum absolute atomic E-state index is 0.0158. The summed E-state index contributed by atoms with van der Waals surface area (Å²) in [6, 6.07) is 31.7. The van der Waals surface area contributed by atoms with Crippen molar-refractivity contribution in [1.29, 1.82) is 0 Å². The lowest BCUT2D eigenvalue weighted by atomic mass is 9.92. The van der Waals surface area contributed by atoms with Crippen molar-refractivity contribution < 1.29 is 0 Å². The summed E-state index contributed by atoms with van der Waals surface area (Å²) in [5, 5.41) is 11.4. The smallest absolute Gasteiger partial charge is 0.171 e. The third-order valence-corrected chi connectivity index (χ3v) is 5.59. The maximum absolute atomic E-state index is 5.70. The van der Waals surface area contributed by atoms with Gasteiger partial charge in [0.05, 0.1) is 12.1 Å². The molecule has 0 radical (unpaired) electrons. The quantitative estimate of drug-likeness (QED) is 0.361. The first-order chi connectivity index (χ1) is 14.7. The fraction of sp³-hybridized carbons (Fsp3) is 0.269. The van der Waals surface area contributed by atoms with E-state index in [4.69, 9.17) is 12.2 Å². The Kier molecular flexibility index (Phi) is 8.42. The molecule has 3 aromatic carbocycles. The molecule has 3 N–H and O–H groups in total. The van der Waals surface area contributed by atoms with Crippen LogP contribution in [0.3, 0.4) is 0 Å². The maximum Gasteiger partial charge on any atom is 0.171 e.